The number of nitrogens with one attached hydrogen (secondary N) is 1. The van der Waals surface area contributed by atoms with Crippen LogP contribution in [0, 0.1) is 13.8 Å². The van der Waals surface area contributed by atoms with E-state index in [2.05, 4.69) is 43.2 Å². The fourth-order valence-corrected chi connectivity index (χ4v) is 3.64. The lowest BCUT2D eigenvalue weighted by molar-refractivity contribution is 0.628. The minimum Gasteiger partial charge on any atom is -0.369 e. The van der Waals surface area contributed by atoms with Gasteiger partial charge in [-0.25, -0.2) is 0 Å². The largest absolute Gasteiger partial charge is 0.369 e. The average Bonchev–Trinajstić information content (AvgIpc) is 2.23. The van der Waals surface area contributed by atoms with Gasteiger partial charge in [-0.1, -0.05) is 6.07 Å². The molecule has 2 rings (SSSR count). The second kappa shape index (κ2) is 4.68. The number of hydrogen-bond donors (Lipinski definition) is 1. The first-order chi connectivity index (χ1) is 7.63. The maximum atomic E-state index is 3.27. The zero-order valence-corrected chi connectivity index (χ0v) is 11.3. The van der Waals surface area contributed by atoms with Crippen molar-refractivity contribution in [3.05, 3.63) is 23.3 Å². The first kappa shape index (κ1) is 11.8. The lowest BCUT2D eigenvalue weighted by Crippen LogP contribution is -2.43. The number of thioether (sulfide) groups is 1. The molecule has 1 N–H and O–H groups in total. The van der Waals surface area contributed by atoms with Gasteiger partial charge in [0.2, 0.25) is 0 Å². The molecule has 0 fully saturated rings. The first-order valence-corrected chi connectivity index (χ1v) is 6.73. The van der Waals surface area contributed by atoms with Gasteiger partial charge in [-0.2, -0.15) is 0 Å². The maximum Gasteiger partial charge on any atom is 0.0510 e. The molecular formula is C13H20N2S. The SMILES string of the molecule is CNCC1CSc2c(C)cc(C)cc2N1C. The van der Waals surface area contributed by atoms with Gasteiger partial charge in [-0.3, -0.25) is 0 Å². The third-order valence-electron chi connectivity index (χ3n) is 3.19. The fourth-order valence-electron chi connectivity index (χ4n) is 2.30. The summed E-state index contributed by atoms with van der Waals surface area (Å²) in [5.41, 5.74) is 4.16. The van der Waals surface area contributed by atoms with Crippen LogP contribution in [0.15, 0.2) is 17.0 Å². The number of hydrogen-bond acceptors (Lipinski definition) is 3. The number of rotatable bonds is 2. The zero-order valence-electron chi connectivity index (χ0n) is 10.5. The minimum atomic E-state index is 0.601. The third-order valence-corrected chi connectivity index (χ3v) is 4.56. The van der Waals surface area contributed by atoms with Crippen LogP contribution in [0.2, 0.25) is 0 Å². The highest BCUT2D eigenvalue weighted by atomic mass is 32.2. The predicted octanol–water partition coefficient (Wildman–Crippen LogP) is 2.43. The van der Waals surface area contributed by atoms with Crippen molar-refractivity contribution in [1.82, 2.24) is 5.32 Å². The van der Waals surface area contributed by atoms with Crippen molar-refractivity contribution in [2.75, 3.05) is 31.3 Å². The van der Waals surface area contributed by atoms with Crippen LogP contribution in [-0.2, 0) is 0 Å². The molecule has 0 radical (unpaired) electrons. The zero-order chi connectivity index (χ0) is 11.7. The summed E-state index contributed by atoms with van der Waals surface area (Å²) in [5, 5.41) is 3.27. The number of aryl methyl sites for hydroxylation is 2. The van der Waals surface area contributed by atoms with E-state index >= 15 is 0 Å². The van der Waals surface area contributed by atoms with Crippen molar-refractivity contribution in [3.8, 4) is 0 Å². The Hall–Kier alpha value is -0.670. The normalized spacial score (nSPS) is 19.8. The van der Waals surface area contributed by atoms with Crippen LogP contribution in [0.4, 0.5) is 5.69 Å². The molecule has 16 heavy (non-hydrogen) atoms. The molecule has 0 bridgehead atoms. The molecule has 1 heterocycles. The van der Waals surface area contributed by atoms with Crippen molar-refractivity contribution in [2.24, 2.45) is 0 Å². The Balaban J connectivity index is 2.36. The van der Waals surface area contributed by atoms with E-state index in [0.717, 1.165) is 6.54 Å². The Morgan fingerprint density at radius 2 is 2.19 bits per heavy atom. The molecule has 1 aromatic rings. The van der Waals surface area contributed by atoms with Crippen LogP contribution >= 0.6 is 11.8 Å². The Labute approximate surface area is 102 Å². The van der Waals surface area contributed by atoms with Crippen LogP contribution in [0.1, 0.15) is 11.1 Å². The van der Waals surface area contributed by atoms with Crippen LogP contribution < -0.4 is 10.2 Å². The van der Waals surface area contributed by atoms with E-state index in [9.17, 15) is 0 Å². The number of likely N-dealkylation sites (N-methyl/N-ethyl adjacent to an activating group) is 2. The molecular weight excluding hydrogens is 216 g/mol. The van der Waals surface area contributed by atoms with E-state index in [1.54, 1.807) is 0 Å². The molecule has 0 saturated carbocycles. The van der Waals surface area contributed by atoms with Gasteiger partial charge in [0.15, 0.2) is 0 Å². The molecule has 0 aromatic heterocycles. The molecule has 1 atom stereocenters. The second-order valence-corrected chi connectivity index (χ2v) is 5.59. The monoisotopic (exact) mass is 236 g/mol. The van der Waals surface area contributed by atoms with E-state index < -0.39 is 0 Å². The lowest BCUT2D eigenvalue weighted by Gasteiger charge is -2.36. The molecule has 0 aliphatic carbocycles. The molecule has 88 valence electrons. The second-order valence-electron chi connectivity index (χ2n) is 4.56. The Bertz CT molecular complexity index is 390. The molecule has 3 heteroatoms. The molecule has 0 spiro atoms. The molecule has 0 amide bonds. The van der Waals surface area contributed by atoms with Crippen LogP contribution in [0.25, 0.3) is 0 Å². The van der Waals surface area contributed by atoms with Crippen LogP contribution in [-0.4, -0.2) is 32.4 Å². The standard InChI is InChI=1S/C13H20N2S/c1-9-5-10(2)13-12(6-9)15(4)11(7-14-3)8-16-13/h5-6,11,14H,7-8H2,1-4H3. The Morgan fingerprint density at radius 1 is 1.44 bits per heavy atom. The van der Waals surface area contributed by atoms with Gasteiger partial charge in [0, 0.05) is 24.2 Å². The van der Waals surface area contributed by atoms with Gasteiger partial charge in [0.25, 0.3) is 0 Å². The highest BCUT2D eigenvalue weighted by Gasteiger charge is 2.24. The quantitative estimate of drug-likeness (QED) is 0.849. The Kier molecular flexibility index (Phi) is 3.45. The van der Waals surface area contributed by atoms with E-state index in [4.69, 9.17) is 0 Å². The number of benzene rings is 1. The van der Waals surface area contributed by atoms with E-state index in [0.29, 0.717) is 6.04 Å². The van der Waals surface area contributed by atoms with Gasteiger partial charge in [-0.15, -0.1) is 11.8 Å². The summed E-state index contributed by atoms with van der Waals surface area (Å²) in [7, 11) is 4.23. The van der Waals surface area contributed by atoms with Crippen LogP contribution in [0.5, 0.6) is 0 Å². The van der Waals surface area contributed by atoms with Gasteiger partial charge in [0.1, 0.15) is 0 Å². The highest BCUT2D eigenvalue weighted by Crippen LogP contribution is 2.39. The summed E-state index contributed by atoms with van der Waals surface area (Å²) in [6.07, 6.45) is 0. The number of fused-ring (bicyclic) bond motifs is 1. The van der Waals surface area contributed by atoms with E-state index in [-0.39, 0.29) is 0 Å². The average molecular weight is 236 g/mol. The summed E-state index contributed by atoms with van der Waals surface area (Å²) >= 11 is 1.99. The topological polar surface area (TPSA) is 15.3 Å². The van der Waals surface area contributed by atoms with Crippen LogP contribution in [0.3, 0.4) is 0 Å². The summed E-state index contributed by atoms with van der Waals surface area (Å²) in [6.45, 7) is 5.44. The number of nitrogens with zero attached hydrogens (tertiary/aromatic N) is 1. The van der Waals surface area contributed by atoms with E-state index in [1.807, 2.05) is 18.8 Å². The van der Waals surface area contributed by atoms with Gasteiger partial charge < -0.3 is 10.2 Å². The summed E-state index contributed by atoms with van der Waals surface area (Å²) in [6, 6.07) is 5.18. The molecule has 2 nitrogen and oxygen atoms in total. The summed E-state index contributed by atoms with van der Waals surface area (Å²) in [4.78, 5) is 3.88. The molecule has 0 saturated heterocycles. The van der Waals surface area contributed by atoms with Crippen molar-refractivity contribution >= 4 is 17.4 Å². The predicted molar refractivity (Wildman–Crippen MR) is 72.8 cm³/mol. The van der Waals surface area contributed by atoms with Gasteiger partial charge in [0.05, 0.1) is 11.7 Å². The number of anilines is 1. The molecule has 1 unspecified atom stereocenters. The van der Waals surface area contributed by atoms with Crippen molar-refractivity contribution in [2.45, 2.75) is 24.8 Å². The van der Waals surface area contributed by atoms with Gasteiger partial charge in [-0.05, 0) is 38.1 Å². The van der Waals surface area contributed by atoms with Crippen molar-refractivity contribution in [3.63, 3.8) is 0 Å². The summed E-state index contributed by atoms with van der Waals surface area (Å²) < 4.78 is 0. The molecule has 1 aliphatic heterocycles. The maximum absolute atomic E-state index is 3.27. The summed E-state index contributed by atoms with van der Waals surface area (Å²) in [5.74, 6) is 1.17. The third kappa shape index (κ3) is 2.06. The van der Waals surface area contributed by atoms with Crippen molar-refractivity contribution in [1.29, 1.82) is 0 Å². The Morgan fingerprint density at radius 3 is 2.88 bits per heavy atom. The smallest absolute Gasteiger partial charge is 0.0510 e. The highest BCUT2D eigenvalue weighted by molar-refractivity contribution is 7.99. The van der Waals surface area contributed by atoms with Gasteiger partial charge >= 0.3 is 0 Å². The molecule has 1 aliphatic rings. The lowest BCUT2D eigenvalue weighted by atomic mass is 10.1. The minimum absolute atomic E-state index is 0.601. The first-order valence-electron chi connectivity index (χ1n) is 5.75. The van der Waals surface area contributed by atoms with E-state index in [1.165, 1.54) is 27.5 Å². The fraction of sp³-hybridized carbons (Fsp3) is 0.538. The molecule has 1 aromatic carbocycles. The van der Waals surface area contributed by atoms with Crippen molar-refractivity contribution < 1.29 is 0 Å².